The number of rotatable bonds is 6. The van der Waals surface area contributed by atoms with Crippen LogP contribution >= 0.6 is 0 Å². The molecule has 0 unspecified atom stereocenters. The number of halogens is 3. The maximum atomic E-state index is 12.6. The Bertz CT molecular complexity index is 255. The second kappa shape index (κ2) is 6.70. The van der Waals surface area contributed by atoms with Crippen LogP contribution in [0, 0.1) is 0 Å². The Labute approximate surface area is 95.9 Å². The van der Waals surface area contributed by atoms with Crippen LogP contribution in [0.2, 0.25) is 0 Å². The Morgan fingerprint density at radius 2 is 1.93 bits per heavy atom. The molecule has 0 bridgehead atoms. The zero-order chi connectivity index (χ0) is 11.9. The average Bonchev–Trinajstić information content (AvgIpc) is 2.23. The minimum atomic E-state index is -3.37. The van der Waals surface area contributed by atoms with E-state index in [2.05, 4.69) is 16.1 Å². The molecular weight excluding hydrogens is 325 g/mol. The summed E-state index contributed by atoms with van der Waals surface area (Å²) in [4.78, 5) is 22.5. The zero-order valence-corrected chi connectivity index (χ0v) is 10.1. The maximum absolute atomic E-state index is 12.6. The van der Waals surface area contributed by atoms with Crippen LogP contribution in [0.4, 0.5) is 8.78 Å². The van der Waals surface area contributed by atoms with Crippen molar-refractivity contribution >= 4 is 11.9 Å². The van der Waals surface area contributed by atoms with E-state index in [1.165, 1.54) is 4.93 Å². The molecule has 4 nitrogen and oxygen atoms in total. The van der Waals surface area contributed by atoms with Gasteiger partial charge in [-0.25, -0.2) is 0 Å². The first-order valence-electron chi connectivity index (χ1n) is 3.79. The van der Waals surface area contributed by atoms with Gasteiger partial charge in [0.1, 0.15) is 0 Å². The summed E-state index contributed by atoms with van der Waals surface area (Å²) >= 11 is -1.55. The van der Waals surface area contributed by atoms with Gasteiger partial charge in [-0.05, 0) is 0 Å². The van der Waals surface area contributed by atoms with Gasteiger partial charge < -0.3 is 0 Å². The molecule has 0 aromatic carbocycles. The zero-order valence-electron chi connectivity index (χ0n) is 7.97. The molecule has 0 aliphatic carbocycles. The van der Waals surface area contributed by atoms with Gasteiger partial charge in [-0.2, -0.15) is 0 Å². The van der Waals surface area contributed by atoms with Gasteiger partial charge in [0.25, 0.3) is 0 Å². The molecular formula is C8H10F2IO4-. The minimum absolute atomic E-state index is 0.255. The molecule has 0 rings (SSSR count). The molecule has 88 valence electrons. The summed E-state index contributed by atoms with van der Waals surface area (Å²) in [7, 11) is 0. The van der Waals surface area contributed by atoms with Gasteiger partial charge in [-0.1, -0.05) is 0 Å². The Morgan fingerprint density at radius 1 is 1.40 bits per heavy atom. The normalized spacial score (nSPS) is 10.9. The monoisotopic (exact) mass is 335 g/mol. The van der Waals surface area contributed by atoms with Crippen LogP contribution in [0.15, 0.2) is 12.7 Å². The van der Waals surface area contributed by atoms with E-state index in [0.717, 1.165) is 6.08 Å². The molecule has 0 N–H and O–H groups in total. The van der Waals surface area contributed by atoms with E-state index in [4.69, 9.17) is 0 Å². The predicted octanol–water partition coefficient (Wildman–Crippen LogP) is -2.43. The fraction of sp³-hybridized carbons (Fsp3) is 0.500. The Balaban J connectivity index is 3.73. The standard InChI is InChI=1S/C8H10F2IO4/c1-3-6(12)14-4-5-15-7(13)8(9,10)11-2/h3H,1,4-5H2,2H3/q-1. The van der Waals surface area contributed by atoms with E-state index in [1.807, 2.05) is 0 Å². The van der Waals surface area contributed by atoms with Gasteiger partial charge in [0.2, 0.25) is 0 Å². The fourth-order valence-electron chi connectivity index (χ4n) is 0.495. The van der Waals surface area contributed by atoms with E-state index in [0.29, 0.717) is 0 Å². The van der Waals surface area contributed by atoms with E-state index in [9.17, 15) is 18.4 Å². The number of hydrogen-bond acceptors (Lipinski definition) is 4. The number of carbonyl (C=O) groups excluding carboxylic acids is 2. The van der Waals surface area contributed by atoms with Crippen molar-refractivity contribution in [3.63, 3.8) is 0 Å². The Hall–Kier alpha value is -0.730. The molecule has 0 aliphatic heterocycles. The Kier molecular flexibility index (Phi) is 6.37. The van der Waals surface area contributed by atoms with Gasteiger partial charge in [-0.15, -0.1) is 0 Å². The van der Waals surface area contributed by atoms with Crippen LogP contribution in [0.1, 0.15) is 0 Å². The van der Waals surface area contributed by atoms with Gasteiger partial charge in [-0.3, -0.25) is 0 Å². The van der Waals surface area contributed by atoms with Crippen LogP contribution in [0.5, 0.6) is 0 Å². The van der Waals surface area contributed by atoms with Crippen LogP contribution in [-0.2, 0) is 19.1 Å². The summed E-state index contributed by atoms with van der Waals surface area (Å²) in [6.07, 6.45) is 0.925. The molecule has 0 radical (unpaired) electrons. The number of carbonyl (C=O) groups is 2. The van der Waals surface area contributed by atoms with Gasteiger partial charge in [0.15, 0.2) is 0 Å². The van der Waals surface area contributed by atoms with E-state index >= 15 is 0 Å². The summed E-state index contributed by atoms with van der Waals surface area (Å²) in [6, 6.07) is 0. The summed E-state index contributed by atoms with van der Waals surface area (Å²) in [5.41, 5.74) is 0. The number of hydrogen-bond donors (Lipinski definition) is 0. The molecule has 0 atom stereocenters. The van der Waals surface area contributed by atoms with E-state index < -0.39 is 37.1 Å². The van der Waals surface area contributed by atoms with Gasteiger partial charge in [0, 0.05) is 0 Å². The molecule has 0 amide bonds. The quantitative estimate of drug-likeness (QED) is 0.178. The van der Waals surface area contributed by atoms with Crippen LogP contribution in [-0.4, -0.2) is 34.0 Å². The topological polar surface area (TPSA) is 52.6 Å². The SMILES string of the molecule is C=CC(=O)OCCOC(=O)C(F)(F)[I-]C. The van der Waals surface area contributed by atoms with Crippen molar-refractivity contribution in [1.29, 1.82) is 0 Å². The molecule has 15 heavy (non-hydrogen) atoms. The second-order valence-corrected chi connectivity index (χ2v) is 4.63. The van der Waals surface area contributed by atoms with E-state index in [1.54, 1.807) is 0 Å². The molecule has 0 saturated heterocycles. The third-order valence-electron chi connectivity index (χ3n) is 1.20. The third kappa shape index (κ3) is 5.65. The van der Waals surface area contributed by atoms with Gasteiger partial charge in [0.05, 0.1) is 0 Å². The summed E-state index contributed by atoms with van der Waals surface area (Å²) < 4.78 is 30.6. The fourth-order valence-corrected chi connectivity index (χ4v) is 1.09. The average molecular weight is 335 g/mol. The van der Waals surface area contributed by atoms with Crippen LogP contribution < -0.4 is 21.2 Å². The molecule has 7 heteroatoms. The molecule has 0 spiro atoms. The van der Waals surface area contributed by atoms with Crippen molar-refractivity contribution in [2.24, 2.45) is 0 Å². The Morgan fingerprint density at radius 3 is 2.40 bits per heavy atom. The van der Waals surface area contributed by atoms with Crippen molar-refractivity contribution < 1.29 is 49.0 Å². The molecule has 0 aromatic heterocycles. The third-order valence-corrected chi connectivity index (χ3v) is 2.99. The summed E-state index contributed by atoms with van der Waals surface area (Å²) in [5.74, 6) is -2.26. The molecule has 0 saturated carbocycles. The van der Waals surface area contributed by atoms with E-state index in [-0.39, 0.29) is 13.2 Å². The first kappa shape index (κ1) is 14.3. The molecule has 0 aliphatic rings. The van der Waals surface area contributed by atoms with Crippen molar-refractivity contribution in [3.8, 4) is 0 Å². The van der Waals surface area contributed by atoms with Crippen LogP contribution in [0.3, 0.4) is 0 Å². The second-order valence-electron chi connectivity index (χ2n) is 2.19. The predicted molar refractivity (Wildman–Crippen MR) is 43.0 cm³/mol. The van der Waals surface area contributed by atoms with Crippen molar-refractivity contribution in [1.82, 2.24) is 0 Å². The first-order valence-corrected chi connectivity index (χ1v) is 7.02. The van der Waals surface area contributed by atoms with Crippen molar-refractivity contribution in [2.75, 3.05) is 18.1 Å². The van der Waals surface area contributed by atoms with Gasteiger partial charge >= 0.3 is 95.7 Å². The van der Waals surface area contributed by atoms with Crippen molar-refractivity contribution in [3.05, 3.63) is 12.7 Å². The van der Waals surface area contributed by atoms with Crippen LogP contribution in [0.25, 0.3) is 0 Å². The number of alkyl halides is 4. The number of ether oxygens (including phenoxy) is 2. The van der Waals surface area contributed by atoms with Crippen molar-refractivity contribution in [2.45, 2.75) is 3.93 Å². The summed E-state index contributed by atoms with van der Waals surface area (Å²) in [6.45, 7) is 2.50. The first-order chi connectivity index (χ1) is 6.94. The summed E-state index contributed by atoms with van der Waals surface area (Å²) in [5, 5.41) is 0. The molecule has 0 fully saturated rings. The molecule has 0 aromatic rings. The molecule has 0 heterocycles. The number of esters is 2.